The SMILES string of the molecule is CCCC(C)OC(=O)c1ccc(OC)cc1F. The highest BCUT2D eigenvalue weighted by atomic mass is 19.1. The first-order valence-corrected chi connectivity index (χ1v) is 5.63. The second-order valence-electron chi connectivity index (χ2n) is 3.85. The minimum Gasteiger partial charge on any atom is -0.497 e. The fraction of sp³-hybridized carbons (Fsp3) is 0.462. The molecule has 3 nitrogen and oxygen atoms in total. The van der Waals surface area contributed by atoms with Crippen LogP contribution in [0.4, 0.5) is 4.39 Å². The van der Waals surface area contributed by atoms with Crippen LogP contribution in [-0.4, -0.2) is 19.2 Å². The Morgan fingerprint density at radius 2 is 2.18 bits per heavy atom. The zero-order valence-corrected chi connectivity index (χ0v) is 10.3. The molecule has 0 N–H and O–H groups in total. The molecule has 0 spiro atoms. The van der Waals surface area contributed by atoms with Crippen LogP contribution in [0.15, 0.2) is 18.2 Å². The smallest absolute Gasteiger partial charge is 0.341 e. The van der Waals surface area contributed by atoms with Crippen LogP contribution in [0.3, 0.4) is 0 Å². The van der Waals surface area contributed by atoms with Gasteiger partial charge in [-0.2, -0.15) is 0 Å². The molecule has 0 saturated carbocycles. The van der Waals surface area contributed by atoms with Crippen molar-refractivity contribution in [1.82, 2.24) is 0 Å². The zero-order chi connectivity index (χ0) is 12.8. The summed E-state index contributed by atoms with van der Waals surface area (Å²) < 4.78 is 23.5. The predicted octanol–water partition coefficient (Wildman–Crippen LogP) is 3.18. The Hall–Kier alpha value is -1.58. The van der Waals surface area contributed by atoms with E-state index in [0.29, 0.717) is 5.75 Å². The second-order valence-corrected chi connectivity index (χ2v) is 3.85. The molecule has 0 amide bonds. The van der Waals surface area contributed by atoms with Gasteiger partial charge in [0.2, 0.25) is 0 Å². The largest absolute Gasteiger partial charge is 0.497 e. The lowest BCUT2D eigenvalue weighted by Gasteiger charge is -2.12. The van der Waals surface area contributed by atoms with E-state index in [-0.39, 0.29) is 11.7 Å². The number of benzene rings is 1. The van der Waals surface area contributed by atoms with Crippen molar-refractivity contribution < 1.29 is 18.7 Å². The van der Waals surface area contributed by atoms with Crippen LogP contribution in [0.2, 0.25) is 0 Å². The van der Waals surface area contributed by atoms with Crippen LogP contribution < -0.4 is 4.74 Å². The van der Waals surface area contributed by atoms with Crippen molar-refractivity contribution in [2.45, 2.75) is 32.8 Å². The Balaban J connectivity index is 2.75. The molecule has 0 fully saturated rings. The van der Waals surface area contributed by atoms with Crippen LogP contribution >= 0.6 is 0 Å². The Morgan fingerprint density at radius 3 is 2.71 bits per heavy atom. The van der Waals surface area contributed by atoms with Crippen LogP contribution in [-0.2, 0) is 4.74 Å². The average Bonchev–Trinajstić information content (AvgIpc) is 2.28. The third-order valence-corrected chi connectivity index (χ3v) is 2.40. The molecule has 94 valence electrons. The highest BCUT2D eigenvalue weighted by Gasteiger charge is 2.16. The maximum absolute atomic E-state index is 13.5. The third-order valence-electron chi connectivity index (χ3n) is 2.40. The van der Waals surface area contributed by atoms with Gasteiger partial charge in [0.15, 0.2) is 0 Å². The lowest BCUT2D eigenvalue weighted by molar-refractivity contribution is 0.0318. The minimum absolute atomic E-state index is 0.0613. The van der Waals surface area contributed by atoms with Gasteiger partial charge in [-0.05, 0) is 25.5 Å². The summed E-state index contributed by atoms with van der Waals surface area (Å²) in [5.74, 6) is -0.884. The molecule has 1 aromatic carbocycles. The van der Waals surface area contributed by atoms with Crippen LogP contribution in [0.25, 0.3) is 0 Å². The standard InChI is InChI=1S/C13H17FO3/c1-4-5-9(2)17-13(15)11-7-6-10(16-3)8-12(11)14/h6-9H,4-5H2,1-3H3. The van der Waals surface area contributed by atoms with Crippen molar-refractivity contribution in [3.05, 3.63) is 29.6 Å². The van der Waals surface area contributed by atoms with Crippen LogP contribution in [0, 0.1) is 5.82 Å². The van der Waals surface area contributed by atoms with E-state index in [0.717, 1.165) is 12.8 Å². The van der Waals surface area contributed by atoms with Gasteiger partial charge in [0.05, 0.1) is 18.8 Å². The highest BCUT2D eigenvalue weighted by molar-refractivity contribution is 5.90. The molecule has 0 saturated heterocycles. The van der Waals surface area contributed by atoms with Crippen molar-refractivity contribution in [3.63, 3.8) is 0 Å². The van der Waals surface area contributed by atoms with Gasteiger partial charge in [-0.1, -0.05) is 13.3 Å². The van der Waals surface area contributed by atoms with Crippen molar-refractivity contribution in [2.24, 2.45) is 0 Å². The van der Waals surface area contributed by atoms with Gasteiger partial charge in [0, 0.05) is 6.07 Å². The van der Waals surface area contributed by atoms with Gasteiger partial charge in [-0.25, -0.2) is 9.18 Å². The summed E-state index contributed by atoms with van der Waals surface area (Å²) in [6.07, 6.45) is 1.48. The number of carbonyl (C=O) groups is 1. The summed E-state index contributed by atoms with van der Waals surface area (Å²) in [5, 5.41) is 0. The Bertz CT molecular complexity index is 390. The van der Waals surface area contributed by atoms with E-state index in [1.165, 1.54) is 25.3 Å². The first-order chi connectivity index (χ1) is 8.08. The van der Waals surface area contributed by atoms with E-state index in [1.807, 2.05) is 6.92 Å². The van der Waals surface area contributed by atoms with E-state index >= 15 is 0 Å². The number of hydrogen-bond donors (Lipinski definition) is 0. The van der Waals surface area contributed by atoms with E-state index in [1.54, 1.807) is 6.92 Å². The molecule has 0 radical (unpaired) electrons. The number of hydrogen-bond acceptors (Lipinski definition) is 3. The molecular formula is C13H17FO3. The van der Waals surface area contributed by atoms with Crippen LogP contribution in [0.5, 0.6) is 5.75 Å². The van der Waals surface area contributed by atoms with Gasteiger partial charge in [0.1, 0.15) is 11.6 Å². The molecule has 0 aliphatic rings. The average molecular weight is 240 g/mol. The number of carbonyl (C=O) groups excluding carboxylic acids is 1. The van der Waals surface area contributed by atoms with Gasteiger partial charge in [0.25, 0.3) is 0 Å². The van der Waals surface area contributed by atoms with Crippen molar-refractivity contribution >= 4 is 5.97 Å². The van der Waals surface area contributed by atoms with Crippen molar-refractivity contribution in [1.29, 1.82) is 0 Å². The first-order valence-electron chi connectivity index (χ1n) is 5.63. The molecule has 4 heteroatoms. The molecule has 0 heterocycles. The van der Waals surface area contributed by atoms with Gasteiger partial charge in [-0.3, -0.25) is 0 Å². The minimum atomic E-state index is -0.633. The molecule has 1 atom stereocenters. The summed E-state index contributed by atoms with van der Waals surface area (Å²) in [6.45, 7) is 3.79. The van der Waals surface area contributed by atoms with Crippen LogP contribution in [0.1, 0.15) is 37.0 Å². The van der Waals surface area contributed by atoms with E-state index in [2.05, 4.69) is 0 Å². The van der Waals surface area contributed by atoms with E-state index in [9.17, 15) is 9.18 Å². The van der Waals surface area contributed by atoms with E-state index in [4.69, 9.17) is 9.47 Å². The molecule has 1 rings (SSSR count). The molecule has 17 heavy (non-hydrogen) atoms. The maximum atomic E-state index is 13.5. The predicted molar refractivity (Wildman–Crippen MR) is 62.7 cm³/mol. The number of rotatable bonds is 5. The van der Waals surface area contributed by atoms with Gasteiger partial charge < -0.3 is 9.47 Å². The summed E-state index contributed by atoms with van der Waals surface area (Å²) in [6, 6.07) is 4.07. The summed E-state index contributed by atoms with van der Waals surface area (Å²) in [4.78, 5) is 11.6. The third kappa shape index (κ3) is 3.73. The summed E-state index contributed by atoms with van der Waals surface area (Å²) in [5.41, 5.74) is -0.0613. The lowest BCUT2D eigenvalue weighted by Crippen LogP contribution is -2.15. The molecular weight excluding hydrogens is 223 g/mol. The fourth-order valence-corrected chi connectivity index (χ4v) is 1.50. The molecule has 0 aliphatic heterocycles. The zero-order valence-electron chi connectivity index (χ0n) is 10.3. The van der Waals surface area contributed by atoms with Crippen molar-refractivity contribution in [3.8, 4) is 5.75 Å². The van der Waals surface area contributed by atoms with Gasteiger partial charge >= 0.3 is 5.97 Å². The Morgan fingerprint density at radius 1 is 1.47 bits per heavy atom. The monoisotopic (exact) mass is 240 g/mol. The highest BCUT2D eigenvalue weighted by Crippen LogP contribution is 2.17. The Labute approximate surface area is 101 Å². The quantitative estimate of drug-likeness (QED) is 0.741. The topological polar surface area (TPSA) is 35.5 Å². The first kappa shape index (κ1) is 13.5. The summed E-state index contributed by atoms with van der Waals surface area (Å²) >= 11 is 0. The summed E-state index contributed by atoms with van der Waals surface area (Å²) in [7, 11) is 1.44. The second kappa shape index (κ2) is 6.23. The number of ether oxygens (including phenoxy) is 2. The van der Waals surface area contributed by atoms with Gasteiger partial charge in [-0.15, -0.1) is 0 Å². The maximum Gasteiger partial charge on any atom is 0.341 e. The number of esters is 1. The normalized spacial score (nSPS) is 12.0. The number of halogens is 1. The molecule has 1 unspecified atom stereocenters. The fourth-order valence-electron chi connectivity index (χ4n) is 1.50. The molecule has 0 aromatic heterocycles. The lowest BCUT2D eigenvalue weighted by atomic mass is 10.2. The molecule has 0 aliphatic carbocycles. The molecule has 0 bridgehead atoms. The van der Waals surface area contributed by atoms with E-state index < -0.39 is 11.8 Å². The van der Waals surface area contributed by atoms with Crippen molar-refractivity contribution in [2.75, 3.05) is 7.11 Å². The molecule has 1 aromatic rings. The Kier molecular flexibility index (Phi) is 4.94. The number of methoxy groups -OCH3 is 1.